The van der Waals surface area contributed by atoms with Gasteiger partial charge in [-0.2, -0.15) is 0 Å². The predicted molar refractivity (Wildman–Crippen MR) is 122 cm³/mol. The third kappa shape index (κ3) is 5.91. The first-order valence-electron chi connectivity index (χ1n) is 10.4. The van der Waals surface area contributed by atoms with E-state index in [0.717, 1.165) is 7.11 Å². The standard InChI is InChI=1S/C23H23FN4O7/c1-34-17-9-16(26-11-12-10-25-13-5-3-4-6-14(13)27-12)20(24)21(35-2)19(17)22(31)28-15(23(32)33)7-8-18(29)30/h3-6,9-10,15,26H,7-8,11H2,1-2H3,(H,28,31)(H,29,30)(H,32,33). The molecule has 0 aliphatic heterocycles. The highest BCUT2D eigenvalue weighted by molar-refractivity contribution is 6.02. The molecule has 0 spiro atoms. The summed E-state index contributed by atoms with van der Waals surface area (Å²) in [6, 6.07) is 6.99. The number of rotatable bonds is 11. The van der Waals surface area contributed by atoms with Crippen molar-refractivity contribution in [1.82, 2.24) is 15.3 Å². The normalized spacial score (nSPS) is 11.5. The second kappa shape index (κ2) is 11.1. The van der Waals surface area contributed by atoms with Crippen LogP contribution in [0.15, 0.2) is 36.5 Å². The molecular formula is C23H23FN4O7. The number of aromatic nitrogens is 2. The molecular weight excluding hydrogens is 463 g/mol. The molecule has 4 N–H and O–H groups in total. The van der Waals surface area contributed by atoms with Gasteiger partial charge in [0.05, 0.1) is 49.4 Å². The van der Waals surface area contributed by atoms with Crippen LogP contribution in [0.3, 0.4) is 0 Å². The summed E-state index contributed by atoms with van der Waals surface area (Å²) in [6.45, 7) is 0.100. The van der Waals surface area contributed by atoms with Gasteiger partial charge in [-0.1, -0.05) is 12.1 Å². The summed E-state index contributed by atoms with van der Waals surface area (Å²) >= 11 is 0. The summed E-state index contributed by atoms with van der Waals surface area (Å²) in [7, 11) is 2.40. The van der Waals surface area contributed by atoms with Crippen molar-refractivity contribution in [2.24, 2.45) is 0 Å². The molecule has 1 unspecified atom stereocenters. The molecule has 0 bridgehead atoms. The lowest BCUT2D eigenvalue weighted by atomic mass is 10.1. The first-order valence-corrected chi connectivity index (χ1v) is 10.4. The summed E-state index contributed by atoms with van der Waals surface area (Å²) in [5, 5.41) is 23.2. The molecule has 11 nitrogen and oxygen atoms in total. The number of halogens is 1. The van der Waals surface area contributed by atoms with Crippen LogP contribution in [0, 0.1) is 5.82 Å². The van der Waals surface area contributed by atoms with Crippen molar-refractivity contribution in [1.29, 1.82) is 0 Å². The van der Waals surface area contributed by atoms with Crippen LogP contribution >= 0.6 is 0 Å². The van der Waals surface area contributed by atoms with Gasteiger partial charge in [-0.25, -0.2) is 14.2 Å². The minimum atomic E-state index is -1.51. The van der Waals surface area contributed by atoms with E-state index in [9.17, 15) is 19.5 Å². The molecule has 0 aliphatic rings. The minimum absolute atomic E-state index is 0.0501. The van der Waals surface area contributed by atoms with Gasteiger partial charge in [0.15, 0.2) is 11.6 Å². The molecule has 1 atom stereocenters. The summed E-state index contributed by atoms with van der Waals surface area (Å²) in [5.74, 6) is -5.13. The van der Waals surface area contributed by atoms with E-state index >= 15 is 4.39 Å². The Hall–Kier alpha value is -4.48. The number of aliphatic carboxylic acids is 2. The van der Waals surface area contributed by atoms with E-state index < -0.39 is 41.9 Å². The highest BCUT2D eigenvalue weighted by Gasteiger charge is 2.29. The fraction of sp³-hybridized carbons (Fsp3) is 0.261. The molecule has 0 radical (unpaired) electrons. The van der Waals surface area contributed by atoms with Crippen LogP contribution in [0.1, 0.15) is 28.9 Å². The van der Waals surface area contributed by atoms with Crippen molar-refractivity contribution in [2.45, 2.75) is 25.4 Å². The molecule has 3 aromatic rings. The van der Waals surface area contributed by atoms with Crippen molar-refractivity contribution in [2.75, 3.05) is 19.5 Å². The van der Waals surface area contributed by atoms with E-state index in [4.69, 9.17) is 14.6 Å². The third-order valence-electron chi connectivity index (χ3n) is 5.04. The topological polar surface area (TPSA) is 160 Å². The number of carbonyl (C=O) groups is 3. The summed E-state index contributed by atoms with van der Waals surface area (Å²) in [4.78, 5) is 43.8. The number of para-hydroxylation sites is 2. The quantitative estimate of drug-likeness (QED) is 0.317. The largest absolute Gasteiger partial charge is 0.496 e. The molecule has 2 aromatic carbocycles. The number of carboxylic acids is 2. The molecule has 1 heterocycles. The summed E-state index contributed by atoms with van der Waals surface area (Å²) < 4.78 is 25.6. The lowest BCUT2D eigenvalue weighted by molar-refractivity contribution is -0.140. The van der Waals surface area contributed by atoms with E-state index in [2.05, 4.69) is 20.6 Å². The predicted octanol–water partition coefficient (Wildman–Crippen LogP) is 2.45. The van der Waals surface area contributed by atoms with Crippen molar-refractivity contribution in [3.8, 4) is 11.5 Å². The number of fused-ring (bicyclic) bond motifs is 1. The Labute approximate surface area is 198 Å². The summed E-state index contributed by atoms with van der Waals surface area (Å²) in [5.41, 5.74) is 1.50. The van der Waals surface area contributed by atoms with Crippen molar-refractivity contribution < 1.29 is 38.5 Å². The van der Waals surface area contributed by atoms with Crippen molar-refractivity contribution in [3.05, 3.63) is 53.6 Å². The molecule has 3 rings (SSSR count). The number of nitrogens with one attached hydrogen (secondary N) is 2. The second-order valence-electron chi connectivity index (χ2n) is 7.35. The highest BCUT2D eigenvalue weighted by atomic mass is 19.1. The van der Waals surface area contributed by atoms with Crippen molar-refractivity contribution >= 4 is 34.6 Å². The minimum Gasteiger partial charge on any atom is -0.496 e. The number of benzene rings is 2. The van der Waals surface area contributed by atoms with E-state index in [0.29, 0.717) is 16.7 Å². The Morgan fingerprint density at radius 3 is 2.46 bits per heavy atom. The number of carboxylic acid groups (broad SMARTS) is 2. The number of anilines is 1. The Morgan fingerprint density at radius 1 is 1.11 bits per heavy atom. The van der Waals surface area contributed by atoms with Crippen LogP contribution in [0.2, 0.25) is 0 Å². The number of methoxy groups -OCH3 is 2. The monoisotopic (exact) mass is 486 g/mol. The zero-order chi connectivity index (χ0) is 25.5. The average Bonchev–Trinajstić information content (AvgIpc) is 2.84. The molecule has 12 heteroatoms. The fourth-order valence-electron chi connectivity index (χ4n) is 3.33. The second-order valence-corrected chi connectivity index (χ2v) is 7.35. The number of ether oxygens (including phenoxy) is 2. The van der Waals surface area contributed by atoms with Crippen LogP contribution < -0.4 is 20.1 Å². The fourth-order valence-corrected chi connectivity index (χ4v) is 3.33. The molecule has 0 saturated carbocycles. The number of hydrogen-bond donors (Lipinski definition) is 4. The van der Waals surface area contributed by atoms with E-state index in [-0.39, 0.29) is 30.0 Å². The lowest BCUT2D eigenvalue weighted by Crippen LogP contribution is -2.41. The first-order chi connectivity index (χ1) is 16.7. The highest BCUT2D eigenvalue weighted by Crippen LogP contribution is 2.37. The maximum absolute atomic E-state index is 15.3. The molecule has 184 valence electrons. The Bertz CT molecular complexity index is 1270. The first kappa shape index (κ1) is 25.1. The number of hydrogen-bond acceptors (Lipinski definition) is 8. The Balaban J connectivity index is 1.87. The maximum Gasteiger partial charge on any atom is 0.326 e. The SMILES string of the molecule is COc1cc(NCc2cnc3ccccc3n2)c(F)c(OC)c1C(=O)NC(CCC(=O)O)C(=O)O. The van der Waals surface area contributed by atoms with Crippen LogP contribution in [0.4, 0.5) is 10.1 Å². The third-order valence-corrected chi connectivity index (χ3v) is 5.04. The van der Waals surface area contributed by atoms with Crippen LogP contribution in [0.25, 0.3) is 11.0 Å². The number of carbonyl (C=O) groups excluding carboxylic acids is 1. The van der Waals surface area contributed by atoms with E-state index in [1.807, 2.05) is 18.2 Å². The molecule has 1 aromatic heterocycles. The molecule has 0 aliphatic carbocycles. The average molecular weight is 486 g/mol. The van der Waals surface area contributed by atoms with Gasteiger partial charge in [0.25, 0.3) is 5.91 Å². The molecule has 1 amide bonds. The van der Waals surface area contributed by atoms with Gasteiger partial charge in [0.1, 0.15) is 17.4 Å². The van der Waals surface area contributed by atoms with E-state index in [1.54, 1.807) is 12.3 Å². The van der Waals surface area contributed by atoms with Gasteiger partial charge >= 0.3 is 11.9 Å². The van der Waals surface area contributed by atoms with Gasteiger partial charge in [0, 0.05) is 12.5 Å². The number of amides is 1. The van der Waals surface area contributed by atoms with Crippen LogP contribution in [-0.2, 0) is 16.1 Å². The number of nitrogens with zero attached hydrogens (tertiary/aromatic N) is 2. The maximum atomic E-state index is 15.3. The van der Waals surface area contributed by atoms with Gasteiger partial charge in [-0.3, -0.25) is 14.6 Å². The van der Waals surface area contributed by atoms with Crippen molar-refractivity contribution in [3.63, 3.8) is 0 Å². The smallest absolute Gasteiger partial charge is 0.326 e. The van der Waals surface area contributed by atoms with Gasteiger partial charge in [0.2, 0.25) is 0 Å². The van der Waals surface area contributed by atoms with E-state index in [1.165, 1.54) is 13.2 Å². The van der Waals surface area contributed by atoms with Gasteiger partial charge in [-0.15, -0.1) is 0 Å². The zero-order valence-electron chi connectivity index (χ0n) is 18.9. The summed E-state index contributed by atoms with van der Waals surface area (Å²) in [6.07, 6.45) is 0.697. The molecule has 0 fully saturated rings. The molecule has 35 heavy (non-hydrogen) atoms. The lowest BCUT2D eigenvalue weighted by Gasteiger charge is -2.19. The molecule has 0 saturated heterocycles. The Morgan fingerprint density at radius 2 is 1.83 bits per heavy atom. The zero-order valence-corrected chi connectivity index (χ0v) is 18.9. The van der Waals surface area contributed by atoms with Crippen LogP contribution in [-0.4, -0.2) is 58.3 Å². The van der Waals surface area contributed by atoms with Crippen LogP contribution in [0.5, 0.6) is 11.5 Å². The Kier molecular flexibility index (Phi) is 7.97. The van der Waals surface area contributed by atoms with Gasteiger partial charge < -0.3 is 30.3 Å². The van der Waals surface area contributed by atoms with Gasteiger partial charge in [-0.05, 0) is 18.6 Å².